The van der Waals surface area contributed by atoms with Crippen molar-refractivity contribution >= 4 is 28.5 Å². The highest BCUT2D eigenvalue weighted by Crippen LogP contribution is 2.50. The third-order valence-electron chi connectivity index (χ3n) is 5.62. The first-order valence-corrected chi connectivity index (χ1v) is 10.6. The van der Waals surface area contributed by atoms with Crippen LogP contribution in [0.3, 0.4) is 0 Å². The van der Waals surface area contributed by atoms with E-state index in [1.165, 1.54) is 30.0 Å². The van der Waals surface area contributed by atoms with Crippen molar-refractivity contribution in [2.75, 3.05) is 11.1 Å². The summed E-state index contributed by atoms with van der Waals surface area (Å²) in [6.45, 7) is 0. The maximum atomic E-state index is 14.9. The van der Waals surface area contributed by atoms with E-state index in [1.54, 1.807) is 0 Å². The average molecular weight is 453 g/mol. The lowest BCUT2D eigenvalue weighted by molar-refractivity contribution is 0.102. The Morgan fingerprint density at radius 2 is 2.10 bits per heavy atom. The van der Waals surface area contributed by atoms with E-state index in [2.05, 4.69) is 20.3 Å². The van der Waals surface area contributed by atoms with Gasteiger partial charge in [-0.25, -0.2) is 22.5 Å². The third kappa shape index (κ3) is 4.23. The van der Waals surface area contributed by atoms with Crippen LogP contribution < -0.4 is 11.1 Å². The van der Waals surface area contributed by atoms with E-state index in [9.17, 15) is 22.4 Å². The lowest BCUT2D eigenvalue weighted by Crippen LogP contribution is -2.45. The number of carbonyl (C=O) groups excluding carboxylic acids is 1. The molecule has 1 aromatic heterocycles. The van der Waals surface area contributed by atoms with E-state index in [0.29, 0.717) is 17.3 Å². The Morgan fingerprint density at radius 3 is 2.81 bits per heavy atom. The molecule has 3 N–H and O–H groups in total. The Kier molecular flexibility index (Phi) is 5.87. The average Bonchev–Trinajstić information content (AvgIpc) is 2.75. The summed E-state index contributed by atoms with van der Waals surface area (Å²) in [6, 6.07) is 4.04. The summed E-state index contributed by atoms with van der Waals surface area (Å²) in [7, 11) is 0. The van der Waals surface area contributed by atoms with E-state index in [0.717, 1.165) is 12.4 Å². The minimum atomic E-state index is -2.79. The Bertz CT molecular complexity index is 1020. The number of aliphatic imine (C=N–C) groups is 1. The van der Waals surface area contributed by atoms with Gasteiger partial charge in [-0.3, -0.25) is 14.8 Å². The zero-order valence-corrected chi connectivity index (χ0v) is 17.0. The highest BCUT2D eigenvalue weighted by molar-refractivity contribution is 8.13. The van der Waals surface area contributed by atoms with E-state index in [4.69, 9.17) is 5.73 Å². The zero-order valence-electron chi connectivity index (χ0n) is 16.2. The molecule has 1 fully saturated rings. The number of carbonyl (C=O) groups is 1. The quantitative estimate of drug-likeness (QED) is 0.677. The van der Waals surface area contributed by atoms with Gasteiger partial charge in [0.05, 0.1) is 17.9 Å². The van der Waals surface area contributed by atoms with Crippen molar-refractivity contribution in [2.45, 2.75) is 37.4 Å². The second-order valence-corrected chi connectivity index (χ2v) is 8.57. The molecule has 0 bridgehead atoms. The fourth-order valence-electron chi connectivity index (χ4n) is 4.08. The van der Waals surface area contributed by atoms with E-state index in [1.807, 2.05) is 0 Å². The summed E-state index contributed by atoms with van der Waals surface area (Å²) in [5, 5.41) is 2.89. The normalized spacial score (nSPS) is 25.6. The molecule has 0 spiro atoms. The molecule has 2 aromatic rings. The molecule has 1 amide bonds. The number of hydrogen-bond acceptors (Lipinski definition) is 6. The summed E-state index contributed by atoms with van der Waals surface area (Å²) in [4.78, 5) is 24.2. The number of hydrogen-bond donors (Lipinski definition) is 2. The van der Waals surface area contributed by atoms with Gasteiger partial charge >= 0.3 is 0 Å². The van der Waals surface area contributed by atoms with Crippen LogP contribution in [0.1, 0.15) is 47.4 Å². The highest BCUT2D eigenvalue weighted by atomic mass is 32.2. The first-order chi connectivity index (χ1) is 14.8. The molecule has 0 saturated heterocycles. The lowest BCUT2D eigenvalue weighted by atomic mass is 9.69. The van der Waals surface area contributed by atoms with Gasteiger partial charge in [0.15, 0.2) is 5.17 Å². The molecule has 3 atom stereocenters. The summed E-state index contributed by atoms with van der Waals surface area (Å²) >= 11 is 1.32. The van der Waals surface area contributed by atoms with Gasteiger partial charge in [-0.15, -0.1) is 0 Å². The summed E-state index contributed by atoms with van der Waals surface area (Å²) in [5.74, 6) is -0.918. The second kappa shape index (κ2) is 8.45. The molecular weight excluding hydrogens is 434 g/mol. The van der Waals surface area contributed by atoms with Crippen LogP contribution in [0.5, 0.6) is 0 Å². The van der Waals surface area contributed by atoms with Crippen molar-refractivity contribution in [1.82, 2.24) is 9.97 Å². The molecule has 164 valence electrons. The predicted octanol–water partition coefficient (Wildman–Crippen LogP) is 4.20. The van der Waals surface area contributed by atoms with Crippen LogP contribution in [0.25, 0.3) is 0 Å². The molecule has 11 heteroatoms. The SMILES string of the molecule is NC1=N[C@@]2(c3cc(NC(=O)c4cnc(C(F)F)cn4)ccc3F)CC[C@@H](F)C[C@H]2CS1. The molecule has 4 rings (SSSR count). The van der Waals surface area contributed by atoms with Gasteiger partial charge in [0.25, 0.3) is 12.3 Å². The minimum absolute atomic E-state index is 0.166. The molecule has 31 heavy (non-hydrogen) atoms. The maximum Gasteiger partial charge on any atom is 0.281 e. The molecule has 1 aromatic carbocycles. The largest absolute Gasteiger partial charge is 0.379 e. The van der Waals surface area contributed by atoms with Gasteiger partial charge in [0.1, 0.15) is 23.4 Å². The number of alkyl halides is 3. The van der Waals surface area contributed by atoms with Crippen molar-refractivity contribution in [2.24, 2.45) is 16.6 Å². The summed E-state index contributed by atoms with van der Waals surface area (Å²) in [5.41, 5.74) is 4.74. The van der Waals surface area contributed by atoms with E-state index in [-0.39, 0.29) is 35.7 Å². The zero-order chi connectivity index (χ0) is 22.2. The number of thioether (sulfide) groups is 1. The standard InChI is InChI=1S/C20H19F4N5OS/c21-11-3-4-20(10(5-11)9-31-19(25)29-20)13-6-12(1-2-14(13)22)28-18(30)16-8-26-15(7-27-16)17(23)24/h1-2,6-8,10-11,17H,3-5,9H2,(H2,25,29)(H,28,30)/t10-,11+,20-/m0/s1. The molecule has 2 aliphatic rings. The second-order valence-electron chi connectivity index (χ2n) is 7.53. The number of nitrogens with one attached hydrogen (secondary N) is 1. The summed E-state index contributed by atoms with van der Waals surface area (Å²) < 4.78 is 54.2. The molecular formula is C20H19F4N5OS. The van der Waals surface area contributed by atoms with E-state index >= 15 is 0 Å². The van der Waals surface area contributed by atoms with Crippen molar-refractivity contribution in [3.05, 3.63) is 53.4 Å². The third-order valence-corrected chi connectivity index (χ3v) is 6.57. The number of amides is 1. The summed E-state index contributed by atoms with van der Waals surface area (Å²) in [6.07, 6.45) is -1.21. The van der Waals surface area contributed by atoms with Gasteiger partial charge in [0, 0.05) is 22.9 Å². The molecule has 1 aliphatic carbocycles. The van der Waals surface area contributed by atoms with Crippen LogP contribution >= 0.6 is 11.8 Å². The number of nitrogens with zero attached hydrogens (tertiary/aromatic N) is 3. The number of halogens is 4. The smallest absolute Gasteiger partial charge is 0.281 e. The predicted molar refractivity (Wildman–Crippen MR) is 109 cm³/mol. The number of fused-ring (bicyclic) bond motifs is 1. The maximum absolute atomic E-state index is 14.9. The first kappa shape index (κ1) is 21.5. The van der Waals surface area contributed by atoms with Gasteiger partial charge in [-0.05, 0) is 37.5 Å². The fourth-order valence-corrected chi connectivity index (χ4v) is 5.09. The van der Waals surface area contributed by atoms with Crippen molar-refractivity contribution in [3.63, 3.8) is 0 Å². The van der Waals surface area contributed by atoms with Gasteiger partial charge < -0.3 is 11.1 Å². The van der Waals surface area contributed by atoms with Crippen LogP contribution in [0, 0.1) is 11.7 Å². The number of amidine groups is 1. The Labute approximate surface area is 179 Å². The van der Waals surface area contributed by atoms with Crippen LogP contribution in [-0.4, -0.2) is 33.0 Å². The highest BCUT2D eigenvalue weighted by Gasteiger charge is 2.48. The Balaban J connectivity index is 1.64. The first-order valence-electron chi connectivity index (χ1n) is 9.62. The van der Waals surface area contributed by atoms with Crippen molar-refractivity contribution in [3.8, 4) is 0 Å². The lowest BCUT2D eigenvalue weighted by Gasteiger charge is -2.45. The van der Waals surface area contributed by atoms with Crippen LogP contribution in [0.4, 0.5) is 23.2 Å². The Morgan fingerprint density at radius 1 is 1.29 bits per heavy atom. The topological polar surface area (TPSA) is 93.3 Å². The monoisotopic (exact) mass is 453 g/mol. The van der Waals surface area contributed by atoms with Crippen LogP contribution in [0.2, 0.25) is 0 Å². The number of nitrogens with two attached hydrogens (primary N) is 1. The number of benzene rings is 1. The fraction of sp³-hybridized carbons (Fsp3) is 0.400. The van der Waals surface area contributed by atoms with Gasteiger partial charge in [-0.2, -0.15) is 0 Å². The number of rotatable bonds is 4. The van der Waals surface area contributed by atoms with Crippen LogP contribution in [-0.2, 0) is 5.54 Å². The molecule has 1 saturated carbocycles. The van der Waals surface area contributed by atoms with Crippen LogP contribution in [0.15, 0.2) is 35.6 Å². The van der Waals surface area contributed by atoms with E-state index < -0.39 is 35.6 Å². The number of anilines is 1. The van der Waals surface area contributed by atoms with Gasteiger partial charge in [-0.1, -0.05) is 11.8 Å². The van der Waals surface area contributed by atoms with Gasteiger partial charge in [0.2, 0.25) is 0 Å². The molecule has 0 radical (unpaired) electrons. The van der Waals surface area contributed by atoms with Crippen molar-refractivity contribution < 1.29 is 22.4 Å². The molecule has 0 unspecified atom stereocenters. The molecule has 6 nitrogen and oxygen atoms in total. The Hall–Kier alpha value is -2.69. The number of aromatic nitrogens is 2. The molecule has 1 aliphatic heterocycles. The molecule has 2 heterocycles. The van der Waals surface area contributed by atoms with Crippen molar-refractivity contribution in [1.29, 1.82) is 0 Å². The minimum Gasteiger partial charge on any atom is -0.379 e.